The van der Waals surface area contributed by atoms with Crippen LogP contribution in [0.15, 0.2) is 42.5 Å². The number of para-hydroxylation sites is 1. The molecule has 1 N–H and O–H groups in total. The van der Waals surface area contributed by atoms with Gasteiger partial charge in [-0.1, -0.05) is 43.4 Å². The SMILES string of the molecule is CC[C@]12C=CCOC(=O)[C@H]1[C@H]1C(=O)N(CCO)C3C(=O)N(c4c(C)cccc4C)CC=C[C@@]31O2. The fourth-order valence-corrected chi connectivity index (χ4v) is 6.38. The van der Waals surface area contributed by atoms with E-state index in [1.807, 2.05) is 51.1 Å². The lowest BCUT2D eigenvalue weighted by atomic mass is 9.73. The van der Waals surface area contributed by atoms with Crippen molar-refractivity contribution in [2.75, 3.05) is 31.2 Å². The number of anilines is 1. The molecule has 2 saturated heterocycles. The van der Waals surface area contributed by atoms with Gasteiger partial charge in [-0.25, -0.2) is 0 Å². The molecule has 180 valence electrons. The van der Waals surface area contributed by atoms with E-state index < -0.39 is 35.0 Å². The second-order valence-electron chi connectivity index (χ2n) is 9.50. The number of ether oxygens (including phenoxy) is 2. The summed E-state index contributed by atoms with van der Waals surface area (Å²) in [5.41, 5.74) is 0.305. The Balaban J connectivity index is 1.69. The van der Waals surface area contributed by atoms with E-state index in [0.717, 1.165) is 16.8 Å². The van der Waals surface area contributed by atoms with Crippen molar-refractivity contribution in [1.82, 2.24) is 4.90 Å². The lowest BCUT2D eigenvalue weighted by Gasteiger charge is -2.38. The van der Waals surface area contributed by atoms with Crippen LogP contribution >= 0.6 is 0 Å². The first-order chi connectivity index (χ1) is 16.3. The highest BCUT2D eigenvalue weighted by molar-refractivity contribution is 6.06. The van der Waals surface area contributed by atoms with Gasteiger partial charge in [-0.2, -0.15) is 0 Å². The first-order valence-corrected chi connectivity index (χ1v) is 11.8. The van der Waals surface area contributed by atoms with Gasteiger partial charge in [0.2, 0.25) is 5.91 Å². The lowest BCUT2D eigenvalue weighted by Crippen LogP contribution is -2.56. The van der Waals surface area contributed by atoms with Gasteiger partial charge in [-0.05, 0) is 37.5 Å². The third-order valence-electron chi connectivity index (χ3n) is 7.75. The normalized spacial score (nSPS) is 34.5. The van der Waals surface area contributed by atoms with Gasteiger partial charge < -0.3 is 24.4 Å². The number of nitrogens with zero attached hydrogens (tertiary/aromatic N) is 2. The molecular formula is C26H30N2O6. The van der Waals surface area contributed by atoms with E-state index in [4.69, 9.17) is 9.47 Å². The van der Waals surface area contributed by atoms with Crippen molar-refractivity contribution < 1.29 is 29.0 Å². The Morgan fingerprint density at radius 1 is 1.06 bits per heavy atom. The molecule has 34 heavy (non-hydrogen) atoms. The monoisotopic (exact) mass is 466 g/mol. The number of aliphatic hydroxyl groups is 1. The van der Waals surface area contributed by atoms with Crippen LogP contribution in [0.4, 0.5) is 5.69 Å². The van der Waals surface area contributed by atoms with Crippen molar-refractivity contribution in [1.29, 1.82) is 0 Å². The second-order valence-corrected chi connectivity index (χ2v) is 9.50. The van der Waals surface area contributed by atoms with Crippen LogP contribution in [0.25, 0.3) is 0 Å². The van der Waals surface area contributed by atoms with E-state index in [9.17, 15) is 19.5 Å². The molecule has 4 aliphatic rings. The molecule has 1 spiro atoms. The van der Waals surface area contributed by atoms with E-state index in [1.165, 1.54) is 4.90 Å². The Hall–Kier alpha value is -2.97. The number of aliphatic hydroxyl groups excluding tert-OH is 1. The topological polar surface area (TPSA) is 96.4 Å². The summed E-state index contributed by atoms with van der Waals surface area (Å²) in [6.07, 6.45) is 7.68. The van der Waals surface area contributed by atoms with Gasteiger partial charge in [0.15, 0.2) is 0 Å². The highest BCUT2D eigenvalue weighted by Crippen LogP contribution is 2.58. The zero-order chi connectivity index (χ0) is 24.3. The van der Waals surface area contributed by atoms with Gasteiger partial charge in [0.1, 0.15) is 29.8 Å². The number of likely N-dealkylation sites (tertiary alicyclic amines) is 1. The fourth-order valence-electron chi connectivity index (χ4n) is 6.38. The summed E-state index contributed by atoms with van der Waals surface area (Å²) in [7, 11) is 0. The molecule has 0 aliphatic carbocycles. The number of carbonyl (C=O) groups excluding carboxylic acids is 3. The molecular weight excluding hydrogens is 436 g/mol. The van der Waals surface area contributed by atoms with Gasteiger partial charge in [0.25, 0.3) is 5.91 Å². The summed E-state index contributed by atoms with van der Waals surface area (Å²) in [5, 5.41) is 9.77. The maximum atomic E-state index is 14.2. The molecule has 0 aromatic heterocycles. The largest absolute Gasteiger partial charge is 0.461 e. The number of fused-ring (bicyclic) bond motifs is 2. The molecule has 1 aromatic carbocycles. The minimum absolute atomic E-state index is 0.0258. The molecule has 0 saturated carbocycles. The molecule has 8 heteroatoms. The molecule has 4 heterocycles. The maximum Gasteiger partial charge on any atom is 0.313 e. The van der Waals surface area contributed by atoms with Crippen LogP contribution in [0.1, 0.15) is 24.5 Å². The average molecular weight is 467 g/mol. The molecule has 2 amide bonds. The molecule has 2 fully saturated rings. The Morgan fingerprint density at radius 2 is 1.79 bits per heavy atom. The number of aryl methyl sites for hydroxylation is 2. The minimum Gasteiger partial charge on any atom is -0.461 e. The third kappa shape index (κ3) is 2.94. The van der Waals surface area contributed by atoms with Crippen molar-refractivity contribution in [3.05, 3.63) is 53.6 Å². The summed E-state index contributed by atoms with van der Waals surface area (Å²) < 4.78 is 12.2. The third-order valence-corrected chi connectivity index (χ3v) is 7.75. The van der Waals surface area contributed by atoms with Crippen LogP contribution in [0.2, 0.25) is 0 Å². The molecule has 0 radical (unpaired) electrons. The van der Waals surface area contributed by atoms with Crippen LogP contribution in [0.3, 0.4) is 0 Å². The number of benzene rings is 1. The standard InChI is InChI=1S/C26H30N2O6/c1-4-25-10-7-15-33-24(32)19(25)18-22(30)28(13-14-29)21-23(31)27(12-6-11-26(18,21)34-25)20-16(2)8-5-9-17(20)3/h5-11,18-19,21,29H,4,12-15H2,1-3H3/t18-,19+,21?,25-,26-/m0/s1. The van der Waals surface area contributed by atoms with E-state index >= 15 is 0 Å². The van der Waals surface area contributed by atoms with Crippen LogP contribution < -0.4 is 4.90 Å². The number of cyclic esters (lactones) is 1. The molecule has 4 aliphatic heterocycles. The first kappa shape index (κ1) is 22.8. The van der Waals surface area contributed by atoms with Crippen LogP contribution in [-0.4, -0.2) is 71.3 Å². The quantitative estimate of drug-likeness (QED) is 0.536. The zero-order valence-corrected chi connectivity index (χ0v) is 19.7. The van der Waals surface area contributed by atoms with E-state index in [2.05, 4.69) is 0 Å². The van der Waals surface area contributed by atoms with Crippen LogP contribution in [0, 0.1) is 25.7 Å². The van der Waals surface area contributed by atoms with Crippen molar-refractivity contribution in [2.45, 2.75) is 44.4 Å². The van der Waals surface area contributed by atoms with Crippen molar-refractivity contribution in [3.63, 3.8) is 0 Å². The zero-order valence-electron chi connectivity index (χ0n) is 19.7. The Kier molecular flexibility index (Phi) is 5.41. The number of hydrogen-bond donors (Lipinski definition) is 1. The highest BCUT2D eigenvalue weighted by atomic mass is 16.6. The minimum atomic E-state index is -1.34. The number of hydrogen-bond acceptors (Lipinski definition) is 6. The summed E-state index contributed by atoms with van der Waals surface area (Å²) in [6.45, 7) is 5.90. The molecule has 5 atom stereocenters. The van der Waals surface area contributed by atoms with Crippen molar-refractivity contribution in [2.24, 2.45) is 11.8 Å². The predicted molar refractivity (Wildman–Crippen MR) is 124 cm³/mol. The van der Waals surface area contributed by atoms with Crippen molar-refractivity contribution >= 4 is 23.5 Å². The highest BCUT2D eigenvalue weighted by Gasteiger charge is 2.75. The number of rotatable bonds is 4. The smallest absolute Gasteiger partial charge is 0.313 e. The van der Waals surface area contributed by atoms with E-state index in [1.54, 1.807) is 17.1 Å². The number of β-amino-alcohol motifs (C(OH)–C–C–N with tert-alkyl or cyclic N) is 1. The summed E-state index contributed by atoms with van der Waals surface area (Å²) in [4.78, 5) is 44.3. The van der Waals surface area contributed by atoms with Crippen molar-refractivity contribution in [3.8, 4) is 0 Å². The maximum absolute atomic E-state index is 14.2. The van der Waals surface area contributed by atoms with Crippen LogP contribution in [0.5, 0.6) is 0 Å². The van der Waals surface area contributed by atoms with Gasteiger partial charge in [-0.15, -0.1) is 0 Å². The summed E-state index contributed by atoms with van der Waals surface area (Å²) in [6, 6.07) is 4.83. The van der Waals surface area contributed by atoms with Gasteiger partial charge >= 0.3 is 5.97 Å². The number of esters is 1. The number of amides is 2. The molecule has 8 nitrogen and oxygen atoms in total. The predicted octanol–water partition coefficient (Wildman–Crippen LogP) is 1.67. The first-order valence-electron chi connectivity index (χ1n) is 11.8. The number of carbonyl (C=O) groups is 3. The van der Waals surface area contributed by atoms with E-state index in [-0.39, 0.29) is 31.6 Å². The van der Waals surface area contributed by atoms with Gasteiger partial charge in [-0.3, -0.25) is 14.4 Å². The average Bonchev–Trinajstić information content (AvgIpc) is 3.07. The second kappa shape index (κ2) is 8.06. The summed E-state index contributed by atoms with van der Waals surface area (Å²) in [5.74, 6) is -2.94. The molecule has 1 unspecified atom stereocenters. The fraction of sp³-hybridized carbons (Fsp3) is 0.500. The van der Waals surface area contributed by atoms with Gasteiger partial charge in [0, 0.05) is 18.8 Å². The molecule has 5 rings (SSSR count). The van der Waals surface area contributed by atoms with Crippen LogP contribution in [-0.2, 0) is 23.9 Å². The Morgan fingerprint density at radius 3 is 2.47 bits per heavy atom. The van der Waals surface area contributed by atoms with Gasteiger partial charge in [0.05, 0.1) is 12.5 Å². The van der Waals surface area contributed by atoms with E-state index in [0.29, 0.717) is 13.0 Å². The molecule has 0 bridgehead atoms. The Bertz CT molecular complexity index is 1090. The summed E-state index contributed by atoms with van der Waals surface area (Å²) >= 11 is 0. The Labute approximate surface area is 198 Å². The molecule has 1 aromatic rings. The lowest BCUT2D eigenvalue weighted by molar-refractivity contribution is -0.157.